The Morgan fingerprint density at radius 2 is 2.00 bits per heavy atom. The van der Waals surface area contributed by atoms with Crippen molar-refractivity contribution in [3.63, 3.8) is 0 Å². The van der Waals surface area contributed by atoms with Crippen LogP contribution >= 0.6 is 0 Å². The molecule has 0 saturated heterocycles. The molecule has 7 heteroatoms. The van der Waals surface area contributed by atoms with Crippen LogP contribution in [0.1, 0.15) is 46.3 Å². The molecule has 31 heavy (non-hydrogen) atoms. The number of hydrogen-bond acceptors (Lipinski definition) is 7. The zero-order valence-electron chi connectivity index (χ0n) is 16.8. The van der Waals surface area contributed by atoms with Crippen LogP contribution in [0.3, 0.4) is 0 Å². The van der Waals surface area contributed by atoms with Gasteiger partial charge in [-0.3, -0.25) is 14.6 Å². The molecule has 2 aromatic heterocycles. The molecule has 0 spiro atoms. The van der Waals surface area contributed by atoms with E-state index < -0.39 is 23.3 Å². The molecule has 1 unspecified atom stereocenters. The fourth-order valence-corrected chi connectivity index (χ4v) is 4.33. The van der Waals surface area contributed by atoms with Gasteiger partial charge in [-0.1, -0.05) is 12.1 Å². The Morgan fingerprint density at radius 3 is 2.77 bits per heavy atom. The molecule has 1 atom stereocenters. The maximum atomic E-state index is 12.5. The SMILES string of the molecule is CC(=O)c1c2c(c3oc(=O)cc(C)c3c1O)C(c1ccc3ncccc3c1)CC(=O)O2. The molecule has 5 rings (SSSR count). The standard InChI is InChI=1S/C24H17NO6/c1-11-8-17(27)30-23-19(11)22(29)20(12(2)26)24-21(23)15(10-18(28)31-24)13-5-6-16-14(9-13)4-3-7-25-16/h3-9,15,29H,10H2,1-2H3. The highest BCUT2D eigenvalue weighted by molar-refractivity contribution is 6.09. The van der Waals surface area contributed by atoms with Crippen LogP contribution in [0.5, 0.6) is 11.5 Å². The van der Waals surface area contributed by atoms with E-state index in [2.05, 4.69) is 4.98 Å². The number of aromatic hydroxyl groups is 1. The number of esters is 1. The highest BCUT2D eigenvalue weighted by Crippen LogP contribution is 2.49. The van der Waals surface area contributed by atoms with Gasteiger partial charge < -0.3 is 14.3 Å². The molecule has 0 fully saturated rings. The number of aryl methyl sites for hydroxylation is 1. The molecule has 0 bridgehead atoms. The van der Waals surface area contributed by atoms with Crippen molar-refractivity contribution in [1.29, 1.82) is 0 Å². The maximum Gasteiger partial charge on any atom is 0.336 e. The summed E-state index contributed by atoms with van der Waals surface area (Å²) in [6, 6.07) is 10.6. The predicted octanol–water partition coefficient (Wildman–Crippen LogP) is 4.00. The van der Waals surface area contributed by atoms with E-state index >= 15 is 0 Å². The monoisotopic (exact) mass is 415 g/mol. The molecule has 4 aromatic rings. The average molecular weight is 415 g/mol. The number of carbonyl (C=O) groups excluding carboxylic acids is 2. The molecular weight excluding hydrogens is 398 g/mol. The summed E-state index contributed by atoms with van der Waals surface area (Å²) in [5.41, 5.74) is 1.87. The fraction of sp³-hybridized carbons (Fsp3) is 0.167. The third kappa shape index (κ3) is 2.89. The third-order valence-corrected chi connectivity index (χ3v) is 5.66. The number of ether oxygens (including phenoxy) is 1. The molecule has 154 valence electrons. The van der Waals surface area contributed by atoms with Gasteiger partial charge in [-0.05, 0) is 43.2 Å². The second-order valence-electron chi connectivity index (χ2n) is 7.66. The van der Waals surface area contributed by atoms with E-state index in [4.69, 9.17) is 9.15 Å². The largest absolute Gasteiger partial charge is 0.506 e. The summed E-state index contributed by atoms with van der Waals surface area (Å²) >= 11 is 0. The summed E-state index contributed by atoms with van der Waals surface area (Å²) in [7, 11) is 0. The highest BCUT2D eigenvalue weighted by atomic mass is 16.5. The molecule has 3 heterocycles. The van der Waals surface area contributed by atoms with Gasteiger partial charge in [0, 0.05) is 29.1 Å². The lowest BCUT2D eigenvalue weighted by molar-refractivity contribution is -0.135. The first-order valence-electron chi connectivity index (χ1n) is 9.74. The Labute approximate surface area is 175 Å². The summed E-state index contributed by atoms with van der Waals surface area (Å²) in [6.07, 6.45) is 1.69. The number of fused-ring (bicyclic) bond motifs is 4. The molecule has 2 aromatic carbocycles. The van der Waals surface area contributed by atoms with E-state index in [1.54, 1.807) is 13.1 Å². The van der Waals surface area contributed by atoms with E-state index in [-0.39, 0.29) is 34.5 Å². The van der Waals surface area contributed by atoms with Crippen molar-refractivity contribution in [3.8, 4) is 11.5 Å². The van der Waals surface area contributed by atoms with Gasteiger partial charge in [-0.25, -0.2) is 4.79 Å². The zero-order chi connectivity index (χ0) is 21.9. The van der Waals surface area contributed by atoms with Crippen LogP contribution in [0.25, 0.3) is 21.9 Å². The first kappa shape index (κ1) is 19.0. The van der Waals surface area contributed by atoms with Crippen LogP contribution in [-0.4, -0.2) is 21.8 Å². The third-order valence-electron chi connectivity index (χ3n) is 5.66. The highest BCUT2D eigenvalue weighted by Gasteiger charge is 2.37. The predicted molar refractivity (Wildman–Crippen MR) is 113 cm³/mol. The second-order valence-corrected chi connectivity index (χ2v) is 7.66. The number of hydrogen-bond donors (Lipinski definition) is 1. The van der Waals surface area contributed by atoms with Crippen LogP contribution in [0.15, 0.2) is 51.8 Å². The minimum atomic E-state index is -0.597. The Kier molecular flexibility index (Phi) is 4.15. The van der Waals surface area contributed by atoms with Crippen molar-refractivity contribution in [1.82, 2.24) is 4.98 Å². The Bertz CT molecular complexity index is 1480. The number of ketones is 1. The van der Waals surface area contributed by atoms with Crippen LogP contribution in [0.4, 0.5) is 0 Å². The zero-order valence-corrected chi connectivity index (χ0v) is 16.8. The quantitative estimate of drug-likeness (QED) is 0.228. The molecule has 1 aliphatic rings. The minimum absolute atomic E-state index is 0.00631. The normalized spacial score (nSPS) is 15.7. The van der Waals surface area contributed by atoms with Crippen molar-refractivity contribution < 1.29 is 23.8 Å². The summed E-state index contributed by atoms with van der Waals surface area (Å²) < 4.78 is 10.9. The van der Waals surface area contributed by atoms with Gasteiger partial charge in [0.15, 0.2) is 11.5 Å². The topological polar surface area (TPSA) is 107 Å². The number of Topliss-reactive ketones (excluding diaryl/α,β-unsaturated/α-hetero) is 1. The Morgan fingerprint density at radius 1 is 1.19 bits per heavy atom. The second kappa shape index (κ2) is 6.77. The van der Waals surface area contributed by atoms with Gasteiger partial charge in [0.25, 0.3) is 0 Å². The molecule has 0 radical (unpaired) electrons. The number of phenols is 1. The van der Waals surface area contributed by atoms with Crippen LogP contribution in [-0.2, 0) is 4.79 Å². The molecule has 7 nitrogen and oxygen atoms in total. The van der Waals surface area contributed by atoms with E-state index in [0.29, 0.717) is 11.1 Å². The van der Waals surface area contributed by atoms with Crippen molar-refractivity contribution in [2.24, 2.45) is 0 Å². The van der Waals surface area contributed by atoms with Crippen molar-refractivity contribution >= 4 is 33.6 Å². The maximum absolute atomic E-state index is 12.5. The number of nitrogens with zero attached hydrogens (tertiary/aromatic N) is 1. The number of rotatable bonds is 2. The van der Waals surface area contributed by atoms with Gasteiger partial charge in [-0.2, -0.15) is 0 Å². The molecule has 0 aliphatic carbocycles. The summed E-state index contributed by atoms with van der Waals surface area (Å²) in [6.45, 7) is 2.94. The number of aromatic nitrogens is 1. The van der Waals surface area contributed by atoms with Gasteiger partial charge in [0.05, 0.1) is 17.3 Å². The lowest BCUT2D eigenvalue weighted by Crippen LogP contribution is -2.23. The van der Waals surface area contributed by atoms with Gasteiger partial charge in [0.1, 0.15) is 16.9 Å². The van der Waals surface area contributed by atoms with E-state index in [0.717, 1.165) is 16.5 Å². The fourth-order valence-electron chi connectivity index (χ4n) is 4.33. The smallest absolute Gasteiger partial charge is 0.336 e. The van der Waals surface area contributed by atoms with E-state index in [1.165, 1.54) is 13.0 Å². The minimum Gasteiger partial charge on any atom is -0.506 e. The number of pyridine rings is 1. The number of phenolic OH excluding ortho intramolecular Hbond substituents is 1. The van der Waals surface area contributed by atoms with E-state index in [1.807, 2.05) is 30.3 Å². The van der Waals surface area contributed by atoms with Crippen molar-refractivity contribution in [2.45, 2.75) is 26.2 Å². The van der Waals surface area contributed by atoms with Crippen LogP contribution < -0.4 is 10.4 Å². The molecular formula is C24H17NO6. The van der Waals surface area contributed by atoms with Crippen molar-refractivity contribution in [2.75, 3.05) is 0 Å². The van der Waals surface area contributed by atoms with Gasteiger partial charge in [-0.15, -0.1) is 0 Å². The molecule has 1 N–H and O–H groups in total. The molecule has 1 aliphatic heterocycles. The lowest BCUT2D eigenvalue weighted by atomic mass is 9.82. The molecule has 0 saturated carbocycles. The Hall–Kier alpha value is -4.00. The summed E-state index contributed by atoms with van der Waals surface area (Å²) in [5, 5.41) is 12.0. The Balaban J connectivity index is 1.91. The number of benzene rings is 2. The van der Waals surface area contributed by atoms with Crippen LogP contribution in [0.2, 0.25) is 0 Å². The number of carbonyl (C=O) groups is 2. The summed E-state index contributed by atoms with van der Waals surface area (Å²) in [4.78, 5) is 41.4. The first-order chi connectivity index (χ1) is 14.8. The molecule has 0 amide bonds. The average Bonchev–Trinajstić information content (AvgIpc) is 2.71. The van der Waals surface area contributed by atoms with Gasteiger partial charge >= 0.3 is 11.6 Å². The van der Waals surface area contributed by atoms with Crippen molar-refractivity contribution in [3.05, 3.63) is 75.3 Å². The lowest BCUT2D eigenvalue weighted by Gasteiger charge is -2.28. The van der Waals surface area contributed by atoms with Crippen LogP contribution in [0, 0.1) is 6.92 Å². The first-order valence-corrected chi connectivity index (χ1v) is 9.74. The summed E-state index contributed by atoms with van der Waals surface area (Å²) in [5.74, 6) is -1.96. The van der Waals surface area contributed by atoms with Gasteiger partial charge in [0.2, 0.25) is 0 Å². The van der Waals surface area contributed by atoms with E-state index in [9.17, 15) is 19.5 Å².